The summed E-state index contributed by atoms with van der Waals surface area (Å²) in [5, 5.41) is 3.04. The van der Waals surface area contributed by atoms with Crippen LogP contribution in [0.5, 0.6) is 0 Å². The fourth-order valence-corrected chi connectivity index (χ4v) is 4.41. The summed E-state index contributed by atoms with van der Waals surface area (Å²) in [5.41, 5.74) is 3.67. The van der Waals surface area contributed by atoms with Crippen LogP contribution in [-0.4, -0.2) is 45.9 Å². The van der Waals surface area contributed by atoms with Gasteiger partial charge in [0.15, 0.2) is 5.69 Å². The van der Waals surface area contributed by atoms with E-state index in [1.54, 1.807) is 6.33 Å². The standard InChI is InChI=1S/C25H34N4O3/c1-17(2)8-11-26-24(30)20-9-12-28(13-10-20)25(31)23-21-15-32-22(14-29(21)16-27-23)19-6-4-18(3)5-7-19/h4-7,16-17,20,22H,8-15H2,1-3H3,(H,26,30)/t22-/m0/s1. The molecule has 2 amide bonds. The maximum Gasteiger partial charge on any atom is 0.274 e. The van der Waals surface area contributed by atoms with Crippen molar-refractivity contribution in [2.45, 2.75) is 59.3 Å². The number of likely N-dealkylation sites (tertiary alicyclic amines) is 1. The van der Waals surface area contributed by atoms with Gasteiger partial charge in [-0.2, -0.15) is 0 Å². The number of fused-ring (bicyclic) bond motifs is 1. The number of hydrogen-bond donors (Lipinski definition) is 1. The molecule has 1 aromatic carbocycles. The Labute approximate surface area is 190 Å². The van der Waals surface area contributed by atoms with Crippen LogP contribution in [-0.2, 0) is 22.7 Å². The van der Waals surface area contributed by atoms with Crippen molar-refractivity contribution >= 4 is 11.8 Å². The van der Waals surface area contributed by atoms with Gasteiger partial charge in [0.05, 0.1) is 25.2 Å². The zero-order chi connectivity index (χ0) is 22.7. The van der Waals surface area contributed by atoms with Crippen LogP contribution in [0.1, 0.15) is 66.5 Å². The number of aromatic nitrogens is 2. The highest BCUT2D eigenvalue weighted by Crippen LogP contribution is 2.29. The molecule has 2 aliphatic heterocycles. The first-order valence-electron chi connectivity index (χ1n) is 11.7. The normalized spacial score (nSPS) is 19.1. The van der Waals surface area contributed by atoms with Crippen LogP contribution < -0.4 is 5.32 Å². The maximum atomic E-state index is 13.1. The van der Waals surface area contributed by atoms with E-state index in [1.807, 2.05) is 9.47 Å². The van der Waals surface area contributed by atoms with Gasteiger partial charge in [0, 0.05) is 25.6 Å². The monoisotopic (exact) mass is 438 g/mol. The van der Waals surface area contributed by atoms with Gasteiger partial charge >= 0.3 is 0 Å². The smallest absolute Gasteiger partial charge is 0.274 e. The topological polar surface area (TPSA) is 76.5 Å². The van der Waals surface area contributed by atoms with Gasteiger partial charge in [-0.3, -0.25) is 9.59 Å². The maximum absolute atomic E-state index is 13.1. The molecule has 3 heterocycles. The molecule has 7 nitrogen and oxygen atoms in total. The third kappa shape index (κ3) is 5.04. The van der Waals surface area contributed by atoms with Gasteiger partial charge in [-0.05, 0) is 37.7 Å². The lowest BCUT2D eigenvalue weighted by Gasteiger charge is -2.31. The summed E-state index contributed by atoms with van der Waals surface area (Å²) in [4.78, 5) is 31.8. The van der Waals surface area contributed by atoms with Gasteiger partial charge < -0.3 is 19.5 Å². The Bertz CT molecular complexity index is 943. The molecule has 0 spiro atoms. The second-order valence-electron chi connectivity index (χ2n) is 9.44. The molecule has 0 radical (unpaired) electrons. The third-order valence-corrected chi connectivity index (χ3v) is 6.56. The van der Waals surface area contributed by atoms with E-state index in [1.165, 1.54) is 5.56 Å². The second-order valence-corrected chi connectivity index (χ2v) is 9.44. The average molecular weight is 439 g/mol. The van der Waals surface area contributed by atoms with E-state index in [4.69, 9.17) is 4.74 Å². The molecule has 0 bridgehead atoms. The van der Waals surface area contributed by atoms with Crippen molar-refractivity contribution in [3.05, 3.63) is 53.1 Å². The molecule has 1 saturated heterocycles. The average Bonchev–Trinajstić information content (AvgIpc) is 3.22. The van der Waals surface area contributed by atoms with E-state index in [-0.39, 0.29) is 23.8 Å². The molecule has 2 aromatic rings. The van der Waals surface area contributed by atoms with Crippen LogP contribution in [0.3, 0.4) is 0 Å². The van der Waals surface area contributed by atoms with Crippen molar-refractivity contribution in [3.8, 4) is 0 Å². The summed E-state index contributed by atoms with van der Waals surface area (Å²) < 4.78 is 8.12. The highest BCUT2D eigenvalue weighted by molar-refractivity contribution is 5.93. The number of amides is 2. The number of aryl methyl sites for hydroxylation is 1. The Kier molecular flexibility index (Phi) is 6.94. The molecule has 1 fully saturated rings. The number of carbonyl (C=O) groups is 2. The minimum absolute atomic E-state index is 0.0132. The Hall–Kier alpha value is -2.67. The number of nitrogens with zero attached hydrogens (tertiary/aromatic N) is 3. The third-order valence-electron chi connectivity index (χ3n) is 6.56. The van der Waals surface area contributed by atoms with E-state index in [9.17, 15) is 9.59 Å². The van der Waals surface area contributed by atoms with Gasteiger partial charge in [0.1, 0.15) is 6.10 Å². The van der Waals surface area contributed by atoms with Crippen LogP contribution in [0, 0.1) is 18.8 Å². The number of nitrogens with one attached hydrogen (secondary N) is 1. The fourth-order valence-electron chi connectivity index (χ4n) is 4.41. The van der Waals surface area contributed by atoms with E-state index < -0.39 is 0 Å². The lowest BCUT2D eigenvalue weighted by atomic mass is 9.95. The van der Waals surface area contributed by atoms with Crippen LogP contribution in [0.2, 0.25) is 0 Å². The lowest BCUT2D eigenvalue weighted by Crippen LogP contribution is -2.43. The predicted molar refractivity (Wildman–Crippen MR) is 122 cm³/mol. The minimum Gasteiger partial charge on any atom is -0.365 e. The molecule has 0 unspecified atom stereocenters. The van der Waals surface area contributed by atoms with Gasteiger partial charge in [-0.15, -0.1) is 0 Å². The Balaban J connectivity index is 1.33. The van der Waals surface area contributed by atoms with Crippen molar-refractivity contribution in [2.24, 2.45) is 11.8 Å². The highest BCUT2D eigenvalue weighted by atomic mass is 16.5. The first-order chi connectivity index (χ1) is 15.4. The summed E-state index contributed by atoms with van der Waals surface area (Å²) in [6.45, 7) is 9.28. The van der Waals surface area contributed by atoms with E-state index in [0.29, 0.717) is 50.7 Å². The quantitative estimate of drug-likeness (QED) is 0.749. The zero-order valence-electron chi connectivity index (χ0n) is 19.3. The first-order valence-corrected chi connectivity index (χ1v) is 11.7. The summed E-state index contributed by atoms with van der Waals surface area (Å²) >= 11 is 0. The van der Waals surface area contributed by atoms with Crippen LogP contribution in [0.25, 0.3) is 0 Å². The summed E-state index contributed by atoms with van der Waals surface area (Å²) in [6, 6.07) is 8.37. The van der Waals surface area contributed by atoms with Crippen LogP contribution >= 0.6 is 0 Å². The minimum atomic E-state index is -0.0604. The predicted octanol–water partition coefficient (Wildman–Crippen LogP) is 3.48. The molecule has 2 aliphatic rings. The number of ether oxygens (including phenoxy) is 1. The van der Waals surface area contributed by atoms with Crippen LogP contribution in [0.15, 0.2) is 30.6 Å². The number of benzene rings is 1. The first kappa shape index (κ1) is 22.5. The van der Waals surface area contributed by atoms with E-state index >= 15 is 0 Å². The number of hydrogen-bond acceptors (Lipinski definition) is 4. The Morgan fingerprint density at radius 3 is 2.59 bits per heavy atom. The Morgan fingerprint density at radius 2 is 1.91 bits per heavy atom. The largest absolute Gasteiger partial charge is 0.365 e. The molecule has 1 atom stereocenters. The molecular weight excluding hydrogens is 404 g/mol. The second kappa shape index (κ2) is 9.86. The van der Waals surface area contributed by atoms with Gasteiger partial charge in [-0.25, -0.2) is 4.98 Å². The van der Waals surface area contributed by atoms with Crippen molar-refractivity contribution in [3.63, 3.8) is 0 Å². The van der Waals surface area contributed by atoms with Crippen LogP contribution in [0.4, 0.5) is 0 Å². The van der Waals surface area contributed by atoms with Gasteiger partial charge in [-0.1, -0.05) is 43.7 Å². The SMILES string of the molecule is Cc1ccc([C@@H]2Cn3cnc(C(=O)N4CCC(C(=O)NCCC(C)C)CC4)c3CO2)cc1. The van der Waals surface area contributed by atoms with E-state index in [2.05, 4.69) is 55.3 Å². The van der Waals surface area contributed by atoms with Gasteiger partial charge in [0.25, 0.3) is 5.91 Å². The number of carbonyl (C=O) groups excluding carboxylic acids is 2. The van der Waals surface area contributed by atoms with Crippen molar-refractivity contribution < 1.29 is 14.3 Å². The molecule has 0 saturated carbocycles. The van der Waals surface area contributed by atoms with Crippen molar-refractivity contribution in [2.75, 3.05) is 19.6 Å². The molecule has 0 aliphatic carbocycles. The summed E-state index contributed by atoms with van der Waals surface area (Å²) in [7, 11) is 0. The molecule has 1 N–H and O–H groups in total. The zero-order valence-corrected chi connectivity index (χ0v) is 19.3. The molecule has 32 heavy (non-hydrogen) atoms. The molecule has 4 rings (SSSR count). The Morgan fingerprint density at radius 1 is 1.19 bits per heavy atom. The molecule has 1 aromatic heterocycles. The van der Waals surface area contributed by atoms with Crippen molar-refractivity contribution in [1.29, 1.82) is 0 Å². The summed E-state index contributed by atoms with van der Waals surface area (Å²) in [6.07, 6.45) is 4.09. The van der Waals surface area contributed by atoms with Gasteiger partial charge in [0.2, 0.25) is 5.91 Å². The molecule has 7 heteroatoms. The molecule has 172 valence electrons. The fraction of sp³-hybridized carbons (Fsp3) is 0.560. The summed E-state index contributed by atoms with van der Waals surface area (Å²) in [5.74, 6) is 0.620. The number of imidazole rings is 1. The molecular formula is C25H34N4O3. The lowest BCUT2D eigenvalue weighted by molar-refractivity contribution is -0.126. The number of rotatable bonds is 6. The van der Waals surface area contributed by atoms with Crippen molar-refractivity contribution in [1.82, 2.24) is 19.8 Å². The van der Waals surface area contributed by atoms with E-state index in [0.717, 1.165) is 24.2 Å². The highest BCUT2D eigenvalue weighted by Gasteiger charge is 2.32. The number of piperidine rings is 1.